The van der Waals surface area contributed by atoms with E-state index in [9.17, 15) is 28.1 Å². The number of aryl methyl sites for hydroxylation is 2. The van der Waals surface area contributed by atoms with E-state index in [-0.39, 0.29) is 24.0 Å². The Labute approximate surface area is 270 Å². The summed E-state index contributed by atoms with van der Waals surface area (Å²) in [5.41, 5.74) is -1.34. The molecule has 11 nitrogen and oxygen atoms in total. The molecule has 5 atom stereocenters. The molecule has 0 aromatic heterocycles. The van der Waals surface area contributed by atoms with E-state index in [4.69, 9.17) is 14.2 Å². The minimum absolute atomic E-state index is 0.0871. The van der Waals surface area contributed by atoms with Gasteiger partial charge in [-0.1, -0.05) is 45.0 Å². The summed E-state index contributed by atoms with van der Waals surface area (Å²) >= 11 is 0. The topological polar surface area (TPSA) is 143 Å². The van der Waals surface area contributed by atoms with Crippen molar-refractivity contribution in [3.05, 3.63) is 59.7 Å². The van der Waals surface area contributed by atoms with Gasteiger partial charge in [-0.15, -0.1) is 0 Å². The van der Waals surface area contributed by atoms with E-state index in [1.165, 1.54) is 16.4 Å². The summed E-state index contributed by atoms with van der Waals surface area (Å²) in [6.45, 7) is 12.8. The second kappa shape index (κ2) is 11.6. The number of carbonyl (C=O) groups is 3. The smallest absolute Gasteiger partial charge is 0.412 e. The summed E-state index contributed by atoms with van der Waals surface area (Å²) in [6, 6.07) is 13.2. The molecule has 1 amide bonds. The van der Waals surface area contributed by atoms with E-state index in [0.29, 0.717) is 18.5 Å². The zero-order valence-electron chi connectivity index (χ0n) is 27.3. The fraction of sp³-hybridized carbons (Fsp3) is 0.529. The summed E-state index contributed by atoms with van der Waals surface area (Å²) in [6.07, 6.45) is -0.762. The molecule has 2 aromatic carbocycles. The predicted octanol–water partition coefficient (Wildman–Crippen LogP) is 4.90. The lowest BCUT2D eigenvalue weighted by Gasteiger charge is -2.42. The first-order valence-electron chi connectivity index (χ1n) is 15.6. The van der Waals surface area contributed by atoms with E-state index >= 15 is 0 Å². The maximum Gasteiger partial charge on any atom is 0.412 e. The molecule has 1 unspecified atom stereocenters. The van der Waals surface area contributed by atoms with Crippen LogP contribution in [-0.2, 0) is 33.8 Å². The third kappa shape index (κ3) is 4.73. The lowest BCUT2D eigenvalue weighted by atomic mass is 9.70. The normalized spacial score (nSPS) is 27.0. The lowest BCUT2D eigenvalue weighted by Crippen LogP contribution is -2.54. The second-order valence-electron chi connectivity index (χ2n) is 13.1. The monoisotopic (exact) mass is 651 g/mol. The van der Waals surface area contributed by atoms with Gasteiger partial charge >= 0.3 is 18.0 Å². The Morgan fingerprint density at radius 1 is 0.978 bits per heavy atom. The van der Waals surface area contributed by atoms with E-state index in [1.807, 2.05) is 32.9 Å². The number of ether oxygens (including phenoxy) is 3. The van der Waals surface area contributed by atoms with Gasteiger partial charge in [-0.25, -0.2) is 22.8 Å². The zero-order valence-corrected chi connectivity index (χ0v) is 28.1. The maximum atomic E-state index is 14.6. The Kier molecular flexibility index (Phi) is 8.39. The molecule has 246 valence electrons. The Bertz CT molecular complexity index is 1660. The molecule has 46 heavy (non-hydrogen) atoms. The van der Waals surface area contributed by atoms with Gasteiger partial charge in [0.1, 0.15) is 6.10 Å². The van der Waals surface area contributed by atoms with Gasteiger partial charge in [0.15, 0.2) is 6.04 Å². The first-order chi connectivity index (χ1) is 21.6. The minimum atomic E-state index is -4.20. The van der Waals surface area contributed by atoms with Crippen LogP contribution in [0.2, 0.25) is 0 Å². The molecule has 5 rings (SSSR count). The number of fused-ring (bicyclic) bond motifs is 2. The van der Waals surface area contributed by atoms with Crippen LogP contribution >= 0.6 is 0 Å². The highest BCUT2D eigenvalue weighted by atomic mass is 32.2. The van der Waals surface area contributed by atoms with E-state index < -0.39 is 62.6 Å². The SMILES string of the molecule is CCOC(=O)C1(C(=O)OCC)C(C#N)N1C(=O)O[C@@H]1[C@H](N(c2cc(C)cc(C)c2)S(=O)(=O)c2ccccc2)[C@H]2CC[C@]1(C)C2(C)C. The number of nitriles is 1. The van der Waals surface area contributed by atoms with Crippen molar-refractivity contribution in [2.45, 2.75) is 89.9 Å². The van der Waals surface area contributed by atoms with Crippen molar-refractivity contribution < 1.29 is 37.0 Å². The molecule has 12 heteroatoms. The van der Waals surface area contributed by atoms with Gasteiger partial charge in [0, 0.05) is 5.41 Å². The van der Waals surface area contributed by atoms with E-state index in [1.54, 1.807) is 44.2 Å². The van der Waals surface area contributed by atoms with Gasteiger partial charge in [0.2, 0.25) is 0 Å². The molecule has 3 aliphatic rings. The van der Waals surface area contributed by atoms with Crippen LogP contribution in [0.25, 0.3) is 0 Å². The quantitative estimate of drug-likeness (QED) is 0.160. The standard InChI is InChI=1S/C34H41N3O8S/c1-8-43-29(38)34(30(39)44-9-2)26(20-35)36(34)31(40)45-28-27(25-15-16-33(28,7)32(25,5)6)37(23-18-21(3)17-22(4)19-23)46(41,42)24-13-11-10-12-14-24/h10-14,17-19,25-28H,8-9,15-16H2,1-7H3/t25-,26?,27-,28-,33+,36?/m1/s1. The number of anilines is 1. The lowest BCUT2D eigenvalue weighted by molar-refractivity contribution is -0.161. The summed E-state index contributed by atoms with van der Waals surface area (Å²) in [4.78, 5) is 41.3. The number of hydrogen-bond donors (Lipinski definition) is 0. The van der Waals surface area contributed by atoms with Gasteiger partial charge in [0.25, 0.3) is 15.6 Å². The Hall–Kier alpha value is -4.11. The van der Waals surface area contributed by atoms with E-state index in [0.717, 1.165) is 16.0 Å². The average Bonchev–Trinajstić information content (AvgIpc) is 3.59. The Morgan fingerprint density at radius 3 is 2.07 bits per heavy atom. The number of nitrogens with zero attached hydrogens (tertiary/aromatic N) is 3. The zero-order chi connectivity index (χ0) is 33.8. The van der Waals surface area contributed by atoms with Crippen molar-refractivity contribution in [1.82, 2.24) is 4.90 Å². The van der Waals surface area contributed by atoms with Gasteiger partial charge in [-0.3, -0.25) is 9.21 Å². The summed E-state index contributed by atoms with van der Waals surface area (Å²) in [5.74, 6) is -2.40. The highest BCUT2D eigenvalue weighted by Crippen LogP contribution is 2.68. The molecule has 3 fully saturated rings. The molecule has 2 aliphatic carbocycles. The fourth-order valence-corrected chi connectivity index (χ4v) is 9.53. The summed E-state index contributed by atoms with van der Waals surface area (Å²) in [7, 11) is -4.20. The van der Waals surface area contributed by atoms with Crippen LogP contribution in [-0.4, -0.2) is 68.3 Å². The third-order valence-electron chi connectivity index (χ3n) is 10.4. The van der Waals surface area contributed by atoms with Gasteiger partial charge < -0.3 is 14.2 Å². The highest BCUT2D eigenvalue weighted by Gasteiger charge is 2.80. The third-order valence-corrected chi connectivity index (χ3v) is 12.3. The van der Waals surface area contributed by atoms with Gasteiger partial charge in [-0.05, 0) is 87.3 Å². The molecule has 0 N–H and O–H groups in total. The molecule has 1 saturated heterocycles. The van der Waals surface area contributed by atoms with Crippen LogP contribution in [0, 0.1) is 41.9 Å². The summed E-state index contributed by atoms with van der Waals surface area (Å²) in [5, 5.41) is 9.97. The summed E-state index contributed by atoms with van der Waals surface area (Å²) < 4.78 is 47.2. The molecule has 1 aliphatic heterocycles. The second-order valence-corrected chi connectivity index (χ2v) is 15.0. The van der Waals surface area contributed by atoms with Crippen LogP contribution in [0.4, 0.5) is 10.5 Å². The van der Waals surface area contributed by atoms with Crippen molar-refractivity contribution in [3.8, 4) is 6.07 Å². The van der Waals surface area contributed by atoms with Crippen LogP contribution in [0.5, 0.6) is 0 Å². The molecule has 1 heterocycles. The number of amides is 1. The van der Waals surface area contributed by atoms with Crippen LogP contribution < -0.4 is 4.31 Å². The van der Waals surface area contributed by atoms with Crippen molar-refractivity contribution >= 4 is 33.7 Å². The molecule has 2 aromatic rings. The first kappa shape index (κ1) is 33.3. The van der Waals surface area contributed by atoms with Crippen LogP contribution in [0.3, 0.4) is 0 Å². The molecule has 2 saturated carbocycles. The van der Waals surface area contributed by atoms with Crippen LogP contribution in [0.15, 0.2) is 53.4 Å². The van der Waals surface area contributed by atoms with Crippen molar-refractivity contribution in [2.75, 3.05) is 17.5 Å². The molecule has 0 spiro atoms. The Morgan fingerprint density at radius 2 is 1.54 bits per heavy atom. The maximum absolute atomic E-state index is 14.6. The predicted molar refractivity (Wildman–Crippen MR) is 168 cm³/mol. The minimum Gasteiger partial charge on any atom is -0.464 e. The van der Waals surface area contributed by atoms with Crippen molar-refractivity contribution in [2.24, 2.45) is 16.7 Å². The molecule has 0 radical (unpaired) electrons. The van der Waals surface area contributed by atoms with Gasteiger partial charge in [0.05, 0.1) is 35.9 Å². The average molecular weight is 652 g/mol. The molecular formula is C34H41N3O8S. The number of esters is 2. The first-order valence-corrected chi connectivity index (χ1v) is 17.0. The van der Waals surface area contributed by atoms with Gasteiger partial charge in [-0.2, -0.15) is 5.26 Å². The molecule has 2 bridgehead atoms. The number of benzene rings is 2. The molecular weight excluding hydrogens is 610 g/mol. The number of carbonyl (C=O) groups excluding carboxylic acids is 3. The highest BCUT2D eigenvalue weighted by molar-refractivity contribution is 7.92. The number of rotatable bonds is 9. The largest absolute Gasteiger partial charge is 0.464 e. The Balaban J connectivity index is 1.64. The van der Waals surface area contributed by atoms with Crippen molar-refractivity contribution in [1.29, 1.82) is 5.26 Å². The fourth-order valence-electron chi connectivity index (χ4n) is 7.84. The van der Waals surface area contributed by atoms with Crippen molar-refractivity contribution in [3.63, 3.8) is 0 Å². The van der Waals surface area contributed by atoms with E-state index in [2.05, 4.69) is 13.8 Å². The number of sulfonamides is 1. The number of hydrogen-bond acceptors (Lipinski definition) is 9. The van der Waals surface area contributed by atoms with Crippen LogP contribution in [0.1, 0.15) is 58.6 Å².